The van der Waals surface area contributed by atoms with Gasteiger partial charge in [0.25, 0.3) is 11.8 Å². The molecular weight excluding hydrogens is 605 g/mol. The van der Waals surface area contributed by atoms with Crippen LogP contribution in [0.1, 0.15) is 70.6 Å². The molecule has 0 spiro atoms. The lowest BCUT2D eigenvalue weighted by Crippen LogP contribution is -2.59. The van der Waals surface area contributed by atoms with Gasteiger partial charge in [-0.25, -0.2) is 18.6 Å². The number of amides is 2. The Balaban J connectivity index is 1.58. The molecule has 1 fully saturated rings. The fourth-order valence-electron chi connectivity index (χ4n) is 5.95. The molecule has 2 aromatic carbocycles. The molecule has 4 atom stereocenters. The molecule has 2 amide bonds. The summed E-state index contributed by atoms with van der Waals surface area (Å²) >= 11 is 12.9. The highest BCUT2D eigenvalue weighted by Gasteiger charge is 2.49. The van der Waals surface area contributed by atoms with Crippen LogP contribution in [0.5, 0.6) is 0 Å². The SMILES string of the molecule is CS(=O)(=O)N[C@H]1CCCC[C@@H]1N1C(=O)c2ccccc2[C@@H](C(=O)NOCc2ccc(CO)o2)[C@@H]1c1ccc(Cl)cc1Cl. The van der Waals surface area contributed by atoms with Gasteiger partial charge in [0.2, 0.25) is 10.0 Å². The summed E-state index contributed by atoms with van der Waals surface area (Å²) < 4.78 is 32.8. The van der Waals surface area contributed by atoms with Crippen molar-refractivity contribution in [3.63, 3.8) is 0 Å². The smallest absolute Gasteiger partial charge is 0.255 e. The highest BCUT2D eigenvalue weighted by atomic mass is 35.5. The topological polar surface area (TPSA) is 138 Å². The van der Waals surface area contributed by atoms with Gasteiger partial charge in [0.15, 0.2) is 0 Å². The zero-order chi connectivity index (χ0) is 30.0. The zero-order valence-electron chi connectivity index (χ0n) is 22.8. The van der Waals surface area contributed by atoms with Gasteiger partial charge in [-0.3, -0.25) is 14.4 Å². The number of benzene rings is 2. The molecule has 0 bridgehead atoms. The fourth-order valence-corrected chi connectivity index (χ4v) is 7.30. The van der Waals surface area contributed by atoms with Crippen LogP contribution >= 0.6 is 23.2 Å². The van der Waals surface area contributed by atoms with Gasteiger partial charge >= 0.3 is 0 Å². The van der Waals surface area contributed by atoms with Crippen molar-refractivity contribution in [1.82, 2.24) is 15.1 Å². The van der Waals surface area contributed by atoms with Crippen LogP contribution < -0.4 is 10.2 Å². The van der Waals surface area contributed by atoms with Crippen molar-refractivity contribution in [2.75, 3.05) is 6.26 Å². The average Bonchev–Trinajstić information content (AvgIpc) is 3.41. The number of hydrogen-bond donors (Lipinski definition) is 3. The number of aliphatic hydroxyl groups is 1. The van der Waals surface area contributed by atoms with E-state index < -0.39 is 40.0 Å². The average molecular weight is 637 g/mol. The minimum Gasteiger partial charge on any atom is -0.461 e. The van der Waals surface area contributed by atoms with Crippen LogP contribution in [0.2, 0.25) is 10.0 Å². The Morgan fingerprint density at radius 2 is 1.81 bits per heavy atom. The summed E-state index contributed by atoms with van der Waals surface area (Å²) in [5.41, 5.74) is 3.82. The monoisotopic (exact) mass is 635 g/mol. The van der Waals surface area contributed by atoms with Gasteiger partial charge in [-0.1, -0.05) is 60.3 Å². The van der Waals surface area contributed by atoms with Crippen LogP contribution in [0.15, 0.2) is 59.0 Å². The van der Waals surface area contributed by atoms with Crippen LogP contribution in [0.4, 0.5) is 0 Å². The summed E-state index contributed by atoms with van der Waals surface area (Å²) in [6.45, 7) is -0.368. The van der Waals surface area contributed by atoms with E-state index in [0.717, 1.165) is 19.1 Å². The molecule has 0 unspecified atom stereocenters. The molecule has 3 N–H and O–H groups in total. The van der Waals surface area contributed by atoms with Crippen molar-refractivity contribution in [1.29, 1.82) is 0 Å². The van der Waals surface area contributed by atoms with Gasteiger partial charge in [0, 0.05) is 27.7 Å². The van der Waals surface area contributed by atoms with Gasteiger partial charge in [-0.15, -0.1) is 0 Å². The van der Waals surface area contributed by atoms with Crippen LogP contribution in [0, 0.1) is 0 Å². The summed E-state index contributed by atoms with van der Waals surface area (Å²) in [4.78, 5) is 35.4. The van der Waals surface area contributed by atoms with E-state index in [9.17, 15) is 23.1 Å². The molecule has 0 saturated heterocycles. The Morgan fingerprint density at radius 1 is 1.07 bits per heavy atom. The Kier molecular flexibility index (Phi) is 9.26. The molecule has 13 heteroatoms. The molecule has 42 heavy (non-hydrogen) atoms. The summed E-state index contributed by atoms with van der Waals surface area (Å²) in [5.74, 6) is -1.07. The zero-order valence-corrected chi connectivity index (χ0v) is 25.1. The number of carbonyl (C=O) groups is 2. The van der Waals surface area contributed by atoms with Crippen LogP contribution in [0.25, 0.3) is 0 Å². The summed E-state index contributed by atoms with van der Waals surface area (Å²) in [6, 6.07) is 12.9. The number of carbonyl (C=O) groups excluding carboxylic acids is 2. The second-order valence-electron chi connectivity index (χ2n) is 10.5. The van der Waals surface area contributed by atoms with Gasteiger partial charge < -0.3 is 14.4 Å². The molecule has 1 aromatic heterocycles. The molecule has 1 saturated carbocycles. The van der Waals surface area contributed by atoms with Crippen LogP contribution in [-0.4, -0.2) is 48.6 Å². The Labute approximate surface area is 253 Å². The predicted molar refractivity (Wildman–Crippen MR) is 156 cm³/mol. The third-order valence-corrected chi connectivity index (χ3v) is 8.95. The number of nitrogens with zero attached hydrogens (tertiary/aromatic N) is 1. The maximum Gasteiger partial charge on any atom is 0.255 e. The number of hydrogen-bond acceptors (Lipinski definition) is 7. The molecule has 3 aromatic rings. The number of sulfonamides is 1. The van der Waals surface area contributed by atoms with E-state index in [-0.39, 0.29) is 24.1 Å². The molecule has 2 heterocycles. The van der Waals surface area contributed by atoms with Crippen LogP contribution in [0.3, 0.4) is 0 Å². The quantitative estimate of drug-likeness (QED) is 0.295. The summed E-state index contributed by atoms with van der Waals surface area (Å²) in [5, 5.41) is 9.90. The Bertz CT molecular complexity index is 1580. The number of rotatable bonds is 9. The molecule has 0 radical (unpaired) electrons. The first kappa shape index (κ1) is 30.5. The predicted octanol–water partition coefficient (Wildman–Crippen LogP) is 4.47. The van der Waals surface area contributed by atoms with Crippen molar-refractivity contribution in [2.45, 2.75) is 62.9 Å². The maximum atomic E-state index is 14.3. The highest BCUT2D eigenvalue weighted by molar-refractivity contribution is 7.88. The molecule has 2 aliphatic rings. The van der Waals surface area contributed by atoms with Crippen molar-refractivity contribution >= 4 is 45.0 Å². The number of fused-ring (bicyclic) bond motifs is 1. The first-order valence-corrected chi connectivity index (χ1v) is 16.2. The summed E-state index contributed by atoms with van der Waals surface area (Å²) in [7, 11) is -3.59. The van der Waals surface area contributed by atoms with Gasteiger partial charge in [0.05, 0.1) is 18.2 Å². The second-order valence-corrected chi connectivity index (χ2v) is 13.1. The number of halogens is 2. The van der Waals surface area contributed by atoms with E-state index in [2.05, 4.69) is 10.2 Å². The second kappa shape index (κ2) is 12.7. The van der Waals surface area contributed by atoms with Gasteiger partial charge in [-0.2, -0.15) is 0 Å². The maximum absolute atomic E-state index is 14.3. The molecule has 1 aliphatic heterocycles. The van der Waals surface area contributed by atoms with E-state index in [1.54, 1.807) is 59.5 Å². The number of furan rings is 1. The molecule has 224 valence electrons. The largest absolute Gasteiger partial charge is 0.461 e. The first-order valence-electron chi connectivity index (χ1n) is 13.5. The highest BCUT2D eigenvalue weighted by Crippen LogP contribution is 2.47. The molecule has 5 rings (SSSR count). The third-order valence-electron chi connectivity index (χ3n) is 7.65. The van der Waals surface area contributed by atoms with E-state index in [4.69, 9.17) is 32.5 Å². The van der Waals surface area contributed by atoms with Crippen molar-refractivity contribution in [3.8, 4) is 0 Å². The number of hydroxylamine groups is 1. The summed E-state index contributed by atoms with van der Waals surface area (Å²) in [6.07, 6.45) is 3.72. The fraction of sp³-hybridized carbons (Fsp3) is 0.379. The molecular formula is C29H31Cl2N3O7S. The van der Waals surface area contributed by atoms with Crippen molar-refractivity contribution in [3.05, 3.63) is 92.9 Å². The Hall–Kier alpha value is -2.93. The lowest BCUT2D eigenvalue weighted by Gasteiger charge is -2.49. The normalized spacial score (nSPS) is 22.6. The first-order chi connectivity index (χ1) is 20.1. The minimum absolute atomic E-state index is 0.0991. The molecule has 10 nitrogen and oxygen atoms in total. The van der Waals surface area contributed by atoms with E-state index in [0.29, 0.717) is 46.1 Å². The number of aliphatic hydroxyl groups excluding tert-OH is 1. The van der Waals surface area contributed by atoms with E-state index >= 15 is 0 Å². The lowest BCUT2D eigenvalue weighted by molar-refractivity contribution is -0.138. The van der Waals surface area contributed by atoms with Crippen LogP contribution in [-0.2, 0) is 32.9 Å². The van der Waals surface area contributed by atoms with Crippen molar-refractivity contribution < 1.29 is 32.4 Å². The lowest BCUT2D eigenvalue weighted by atomic mass is 9.76. The minimum atomic E-state index is -3.59. The Morgan fingerprint density at radius 3 is 2.52 bits per heavy atom. The standard InChI is InChI=1S/C29H31Cl2N3O7S/c1-42(38,39)33-24-8-4-5-9-25(24)34-27(22-13-10-17(30)14-23(22)31)26(20-6-2-3-7-21(20)29(34)37)28(36)32-40-16-19-12-11-18(15-35)41-19/h2-3,6-7,10-14,24-27,33,35H,4-5,8-9,15-16H2,1H3,(H,32,36)/t24-,25-,26+,27-/m0/s1. The molecule has 1 aliphatic carbocycles. The third kappa shape index (κ3) is 6.51. The van der Waals surface area contributed by atoms with Gasteiger partial charge in [-0.05, 0) is 54.3 Å². The van der Waals surface area contributed by atoms with E-state index in [1.807, 2.05) is 0 Å². The number of nitrogens with one attached hydrogen (secondary N) is 2. The van der Waals surface area contributed by atoms with Crippen molar-refractivity contribution in [2.24, 2.45) is 0 Å². The van der Waals surface area contributed by atoms with Gasteiger partial charge in [0.1, 0.15) is 24.7 Å². The van der Waals surface area contributed by atoms with E-state index in [1.165, 1.54) is 0 Å².